The highest BCUT2D eigenvalue weighted by Crippen LogP contribution is 2.35. The van der Waals surface area contributed by atoms with E-state index in [0.29, 0.717) is 14.6 Å². The van der Waals surface area contributed by atoms with Crippen molar-refractivity contribution in [1.29, 1.82) is 0 Å². The van der Waals surface area contributed by atoms with Gasteiger partial charge < -0.3 is 5.32 Å². The lowest BCUT2D eigenvalue weighted by Gasteiger charge is -2.10. The second-order valence-electron chi connectivity index (χ2n) is 4.45. The van der Waals surface area contributed by atoms with Gasteiger partial charge in [-0.2, -0.15) is 0 Å². The number of hydrogen-bond acceptors (Lipinski definition) is 4. The van der Waals surface area contributed by atoms with Crippen LogP contribution in [0, 0.1) is 21.7 Å². The molecule has 0 aliphatic heterocycles. The van der Waals surface area contributed by atoms with E-state index < -0.39 is 22.5 Å². The lowest BCUT2D eigenvalue weighted by atomic mass is 10.3. The van der Waals surface area contributed by atoms with Gasteiger partial charge in [-0.1, -0.05) is 0 Å². The van der Waals surface area contributed by atoms with Crippen molar-refractivity contribution in [3.63, 3.8) is 0 Å². The highest BCUT2D eigenvalue weighted by Gasteiger charge is 2.16. The lowest BCUT2D eigenvalue weighted by Crippen LogP contribution is -2.15. The number of carbonyl (C=O) groups is 1. The minimum Gasteiger partial charge on any atom is -0.323 e. The van der Waals surface area contributed by atoms with E-state index >= 15 is 0 Å². The Morgan fingerprint density at radius 3 is 2.38 bits per heavy atom. The molecule has 0 saturated carbocycles. The summed E-state index contributed by atoms with van der Waals surface area (Å²) in [7, 11) is 0. The Bertz CT molecular complexity index is 798. The molecular formula is C14H8Br2F2N2O3S. The molecule has 2 rings (SSSR count). The van der Waals surface area contributed by atoms with Crippen LogP contribution in [0.2, 0.25) is 0 Å². The molecule has 24 heavy (non-hydrogen) atoms. The van der Waals surface area contributed by atoms with Gasteiger partial charge in [0.1, 0.15) is 11.6 Å². The molecule has 1 N–H and O–H groups in total. The van der Waals surface area contributed by atoms with Crippen LogP contribution in [-0.2, 0) is 4.79 Å². The Morgan fingerprint density at radius 1 is 1.21 bits per heavy atom. The molecule has 1 amide bonds. The van der Waals surface area contributed by atoms with Gasteiger partial charge in [0.05, 0.1) is 16.4 Å². The fourth-order valence-corrected chi connectivity index (χ4v) is 3.78. The number of nitrogens with zero attached hydrogens (tertiary/aromatic N) is 1. The van der Waals surface area contributed by atoms with Crippen LogP contribution in [0.1, 0.15) is 0 Å². The Hall–Kier alpha value is -1.52. The summed E-state index contributed by atoms with van der Waals surface area (Å²) in [6.07, 6.45) is 0. The summed E-state index contributed by atoms with van der Waals surface area (Å²) in [6.45, 7) is 0. The third-order valence-electron chi connectivity index (χ3n) is 2.75. The number of nitro groups is 1. The zero-order valence-corrected chi connectivity index (χ0v) is 15.7. The number of non-ortho nitro benzene ring substituents is 1. The number of benzene rings is 2. The van der Waals surface area contributed by atoms with Crippen LogP contribution in [0.15, 0.2) is 44.2 Å². The quantitative estimate of drug-likeness (QED) is 0.365. The van der Waals surface area contributed by atoms with Gasteiger partial charge in [0.2, 0.25) is 5.91 Å². The van der Waals surface area contributed by atoms with Gasteiger partial charge >= 0.3 is 0 Å². The van der Waals surface area contributed by atoms with Crippen LogP contribution >= 0.6 is 43.6 Å². The number of halogens is 4. The summed E-state index contributed by atoms with van der Waals surface area (Å²) in [6, 6.07) is 5.61. The molecule has 126 valence electrons. The number of carbonyl (C=O) groups excluding carboxylic acids is 1. The van der Waals surface area contributed by atoms with Crippen LogP contribution < -0.4 is 5.32 Å². The summed E-state index contributed by atoms with van der Waals surface area (Å²) in [4.78, 5) is 22.3. The van der Waals surface area contributed by atoms with Gasteiger partial charge in [-0.3, -0.25) is 14.9 Å². The highest BCUT2D eigenvalue weighted by atomic mass is 79.9. The summed E-state index contributed by atoms with van der Waals surface area (Å²) < 4.78 is 27.0. The minimum absolute atomic E-state index is 0.113. The number of rotatable bonds is 5. The molecular weight excluding hydrogens is 474 g/mol. The third kappa shape index (κ3) is 4.74. The fraction of sp³-hybridized carbons (Fsp3) is 0.0714. The van der Waals surface area contributed by atoms with Crippen molar-refractivity contribution in [2.45, 2.75) is 4.90 Å². The molecule has 0 atom stereocenters. The maximum absolute atomic E-state index is 13.5. The van der Waals surface area contributed by atoms with Crippen LogP contribution in [0.3, 0.4) is 0 Å². The van der Waals surface area contributed by atoms with E-state index in [1.165, 1.54) is 18.2 Å². The Morgan fingerprint density at radius 2 is 1.83 bits per heavy atom. The molecule has 0 bridgehead atoms. The number of hydrogen-bond donors (Lipinski definition) is 1. The molecule has 0 fully saturated rings. The van der Waals surface area contributed by atoms with E-state index in [1.54, 1.807) is 0 Å². The van der Waals surface area contributed by atoms with E-state index in [9.17, 15) is 23.7 Å². The van der Waals surface area contributed by atoms with Crippen LogP contribution in [0.5, 0.6) is 0 Å². The number of thioether (sulfide) groups is 1. The zero-order chi connectivity index (χ0) is 17.9. The molecule has 0 radical (unpaired) electrons. The summed E-state index contributed by atoms with van der Waals surface area (Å²) >= 11 is 7.22. The first kappa shape index (κ1) is 18.8. The van der Waals surface area contributed by atoms with Gasteiger partial charge in [-0.15, -0.1) is 11.8 Å². The predicted octanol–water partition coefficient (Wildman–Crippen LogP) is 5.13. The SMILES string of the molecule is O=C(CSc1ccc(F)cc1F)Nc1c(Br)cc([N+](=O)[O-])cc1Br. The largest absolute Gasteiger partial charge is 0.323 e. The Labute approximate surface area is 156 Å². The van der Waals surface area contributed by atoms with Crippen LogP contribution in [0.4, 0.5) is 20.2 Å². The number of anilines is 1. The first-order valence-electron chi connectivity index (χ1n) is 6.29. The van der Waals surface area contributed by atoms with Crippen LogP contribution in [0.25, 0.3) is 0 Å². The molecule has 0 aliphatic carbocycles. The summed E-state index contributed by atoms with van der Waals surface area (Å²) in [5, 5.41) is 13.3. The molecule has 0 aliphatic rings. The summed E-state index contributed by atoms with van der Waals surface area (Å²) in [5.41, 5.74) is 0.181. The number of amides is 1. The van der Waals surface area contributed by atoms with E-state index in [-0.39, 0.29) is 16.3 Å². The van der Waals surface area contributed by atoms with Gasteiger partial charge in [0, 0.05) is 32.0 Å². The van der Waals surface area contributed by atoms with E-state index in [2.05, 4.69) is 37.2 Å². The third-order valence-corrected chi connectivity index (χ3v) is 5.05. The van der Waals surface area contributed by atoms with Crippen molar-refractivity contribution < 1.29 is 18.5 Å². The molecule has 10 heteroatoms. The predicted molar refractivity (Wildman–Crippen MR) is 94.2 cm³/mol. The van der Waals surface area contributed by atoms with Crippen molar-refractivity contribution in [2.24, 2.45) is 0 Å². The van der Waals surface area contributed by atoms with E-state index in [0.717, 1.165) is 23.9 Å². The number of nitro benzene ring substituents is 1. The first-order chi connectivity index (χ1) is 11.3. The van der Waals surface area contributed by atoms with Gasteiger partial charge in [-0.05, 0) is 44.0 Å². The topological polar surface area (TPSA) is 72.2 Å². The van der Waals surface area contributed by atoms with Gasteiger partial charge in [-0.25, -0.2) is 8.78 Å². The molecule has 2 aromatic carbocycles. The number of nitrogens with one attached hydrogen (secondary N) is 1. The lowest BCUT2D eigenvalue weighted by molar-refractivity contribution is -0.385. The van der Waals surface area contributed by atoms with Crippen molar-refractivity contribution >= 4 is 60.9 Å². The average molecular weight is 482 g/mol. The fourth-order valence-electron chi connectivity index (χ4n) is 1.70. The average Bonchev–Trinajstić information content (AvgIpc) is 2.49. The first-order valence-corrected chi connectivity index (χ1v) is 8.86. The normalized spacial score (nSPS) is 10.5. The molecule has 0 unspecified atom stereocenters. The van der Waals surface area contributed by atoms with Gasteiger partial charge in [0.15, 0.2) is 0 Å². The maximum atomic E-state index is 13.5. The van der Waals surface area contributed by atoms with Crippen molar-refractivity contribution in [3.05, 3.63) is 61.0 Å². The summed E-state index contributed by atoms with van der Waals surface area (Å²) in [5.74, 6) is -2.00. The van der Waals surface area contributed by atoms with E-state index in [4.69, 9.17) is 0 Å². The molecule has 2 aromatic rings. The second kappa shape index (κ2) is 8.04. The second-order valence-corrected chi connectivity index (χ2v) is 7.18. The molecule has 0 aromatic heterocycles. The maximum Gasteiger partial charge on any atom is 0.271 e. The van der Waals surface area contributed by atoms with Crippen molar-refractivity contribution in [2.75, 3.05) is 11.1 Å². The Kier molecular flexibility index (Phi) is 6.30. The van der Waals surface area contributed by atoms with Crippen molar-refractivity contribution in [3.8, 4) is 0 Å². The zero-order valence-electron chi connectivity index (χ0n) is 11.7. The highest BCUT2D eigenvalue weighted by molar-refractivity contribution is 9.11. The standard InChI is InChI=1S/C14H8Br2F2N2O3S/c15-9-4-8(20(22)23)5-10(16)14(9)19-13(21)6-24-12-2-1-7(17)3-11(12)18/h1-5H,6H2,(H,19,21). The molecule has 0 saturated heterocycles. The monoisotopic (exact) mass is 480 g/mol. The minimum atomic E-state index is -0.745. The molecule has 0 spiro atoms. The van der Waals surface area contributed by atoms with E-state index in [1.807, 2.05) is 0 Å². The van der Waals surface area contributed by atoms with Gasteiger partial charge in [0.25, 0.3) is 5.69 Å². The molecule has 5 nitrogen and oxygen atoms in total. The Balaban J connectivity index is 2.06. The smallest absolute Gasteiger partial charge is 0.271 e. The van der Waals surface area contributed by atoms with Crippen LogP contribution in [-0.4, -0.2) is 16.6 Å². The van der Waals surface area contributed by atoms with Crippen molar-refractivity contribution in [1.82, 2.24) is 0 Å². The molecule has 0 heterocycles.